The second-order valence-electron chi connectivity index (χ2n) is 7.42. The average Bonchev–Trinajstić information content (AvgIpc) is 2.59. The van der Waals surface area contributed by atoms with Gasteiger partial charge < -0.3 is 19.5 Å². The van der Waals surface area contributed by atoms with Crippen LogP contribution in [-0.4, -0.2) is 47.8 Å². The zero-order valence-electron chi connectivity index (χ0n) is 17.0. The molecule has 0 saturated heterocycles. The molecule has 2 atom stereocenters. The second-order valence-corrected chi connectivity index (χ2v) is 7.42. The van der Waals surface area contributed by atoms with E-state index in [1.807, 2.05) is 13.0 Å². The Labute approximate surface area is 155 Å². The quantitative estimate of drug-likeness (QED) is 0.262. The third kappa shape index (κ3) is 10.7. The zero-order chi connectivity index (χ0) is 19.1. The van der Waals surface area contributed by atoms with Crippen LogP contribution in [0.2, 0.25) is 0 Å². The molecule has 0 aliphatic rings. The lowest BCUT2D eigenvalue weighted by atomic mass is 10.0. The molecule has 0 aromatic heterocycles. The van der Waals surface area contributed by atoms with Crippen LogP contribution in [0.25, 0.3) is 0 Å². The number of carbonyl (C=O) groups is 1. The van der Waals surface area contributed by atoms with Gasteiger partial charge in [0, 0.05) is 5.92 Å². The number of rotatable bonds is 16. The molecular weight excluding hydrogens is 314 g/mol. The van der Waals surface area contributed by atoms with Crippen LogP contribution in [0.15, 0.2) is 12.2 Å². The third-order valence-corrected chi connectivity index (χ3v) is 5.06. The van der Waals surface area contributed by atoms with Crippen LogP contribution in [0.4, 0.5) is 0 Å². The summed E-state index contributed by atoms with van der Waals surface area (Å²) in [7, 11) is 0. The SMILES string of the molecule is CCCC/C=C/C(O)C[N+](CCCC)(CCCC)CC(CC)C(=O)[O-]. The van der Waals surface area contributed by atoms with Crippen LogP contribution in [-0.2, 0) is 4.79 Å². The van der Waals surface area contributed by atoms with Crippen molar-refractivity contribution in [3.05, 3.63) is 12.2 Å². The number of hydrogen-bond donors (Lipinski definition) is 1. The van der Waals surface area contributed by atoms with E-state index in [2.05, 4.69) is 26.8 Å². The van der Waals surface area contributed by atoms with Crippen molar-refractivity contribution in [1.82, 2.24) is 0 Å². The van der Waals surface area contributed by atoms with Gasteiger partial charge in [0.25, 0.3) is 0 Å². The molecule has 4 nitrogen and oxygen atoms in total. The van der Waals surface area contributed by atoms with E-state index in [-0.39, 0.29) is 0 Å². The van der Waals surface area contributed by atoms with Gasteiger partial charge in [-0.3, -0.25) is 0 Å². The molecule has 0 rings (SSSR count). The lowest BCUT2D eigenvalue weighted by molar-refractivity contribution is -0.933. The Kier molecular flexibility index (Phi) is 13.8. The minimum atomic E-state index is -0.953. The first-order valence-electron chi connectivity index (χ1n) is 10.3. The van der Waals surface area contributed by atoms with Crippen molar-refractivity contribution in [1.29, 1.82) is 0 Å². The molecule has 0 bridgehead atoms. The fourth-order valence-electron chi connectivity index (χ4n) is 3.41. The Bertz CT molecular complexity index is 360. The molecule has 0 fully saturated rings. The second kappa shape index (κ2) is 14.3. The Morgan fingerprint density at radius 3 is 2.00 bits per heavy atom. The Hall–Kier alpha value is -0.870. The minimum Gasteiger partial charge on any atom is -0.550 e. The summed E-state index contributed by atoms with van der Waals surface area (Å²) in [5.41, 5.74) is 0. The van der Waals surface area contributed by atoms with Gasteiger partial charge in [-0.25, -0.2) is 0 Å². The van der Waals surface area contributed by atoms with E-state index >= 15 is 0 Å². The first-order chi connectivity index (χ1) is 11.9. The van der Waals surface area contributed by atoms with E-state index in [9.17, 15) is 15.0 Å². The summed E-state index contributed by atoms with van der Waals surface area (Å²) >= 11 is 0. The van der Waals surface area contributed by atoms with Gasteiger partial charge in [-0.1, -0.05) is 65.5 Å². The first-order valence-corrected chi connectivity index (χ1v) is 10.3. The highest BCUT2D eigenvalue weighted by Gasteiger charge is 2.32. The predicted molar refractivity (Wildman–Crippen MR) is 103 cm³/mol. The van der Waals surface area contributed by atoms with Gasteiger partial charge >= 0.3 is 0 Å². The average molecular weight is 356 g/mol. The topological polar surface area (TPSA) is 60.4 Å². The maximum absolute atomic E-state index is 11.5. The molecule has 0 heterocycles. The number of carbonyl (C=O) groups excluding carboxylic acids is 1. The van der Waals surface area contributed by atoms with Gasteiger partial charge in [0.2, 0.25) is 0 Å². The zero-order valence-corrected chi connectivity index (χ0v) is 17.0. The maximum atomic E-state index is 11.5. The molecule has 0 aliphatic heterocycles. The van der Waals surface area contributed by atoms with Crippen molar-refractivity contribution in [3.8, 4) is 0 Å². The number of unbranched alkanes of at least 4 members (excludes halogenated alkanes) is 4. The molecule has 0 radical (unpaired) electrons. The normalized spacial score (nSPS) is 14.8. The van der Waals surface area contributed by atoms with Gasteiger partial charge in [-0.05, 0) is 25.7 Å². The van der Waals surface area contributed by atoms with Gasteiger partial charge in [-0.2, -0.15) is 0 Å². The molecule has 0 aliphatic carbocycles. The van der Waals surface area contributed by atoms with Crippen LogP contribution in [0.5, 0.6) is 0 Å². The van der Waals surface area contributed by atoms with Crippen molar-refractivity contribution in [2.45, 2.75) is 85.2 Å². The molecule has 1 N–H and O–H groups in total. The van der Waals surface area contributed by atoms with Crippen LogP contribution in [0.3, 0.4) is 0 Å². The summed E-state index contributed by atoms with van der Waals surface area (Å²) in [5, 5.41) is 22.0. The molecule has 25 heavy (non-hydrogen) atoms. The van der Waals surface area contributed by atoms with E-state index in [0.29, 0.717) is 24.0 Å². The number of aliphatic hydroxyl groups is 1. The van der Waals surface area contributed by atoms with Crippen molar-refractivity contribution < 1.29 is 19.5 Å². The van der Waals surface area contributed by atoms with Gasteiger partial charge in [0.05, 0.1) is 25.6 Å². The number of carboxylic acid groups (broad SMARTS) is 1. The smallest absolute Gasteiger partial charge is 0.121 e. The van der Waals surface area contributed by atoms with E-state index in [1.165, 1.54) is 0 Å². The van der Waals surface area contributed by atoms with Crippen LogP contribution in [0, 0.1) is 5.92 Å². The molecule has 0 saturated carbocycles. The summed E-state index contributed by atoms with van der Waals surface area (Å²) in [4.78, 5) is 11.5. The highest BCUT2D eigenvalue weighted by molar-refractivity contribution is 5.67. The number of carboxylic acids is 1. The Balaban J connectivity index is 5.20. The van der Waals surface area contributed by atoms with Gasteiger partial charge in [0.15, 0.2) is 0 Å². The maximum Gasteiger partial charge on any atom is 0.121 e. The van der Waals surface area contributed by atoms with Gasteiger partial charge in [-0.15, -0.1) is 0 Å². The molecule has 2 unspecified atom stereocenters. The fourth-order valence-corrected chi connectivity index (χ4v) is 3.41. The highest BCUT2D eigenvalue weighted by atomic mass is 16.4. The lowest BCUT2D eigenvalue weighted by Crippen LogP contribution is -2.57. The van der Waals surface area contributed by atoms with E-state index < -0.39 is 18.0 Å². The number of hydrogen-bond acceptors (Lipinski definition) is 3. The van der Waals surface area contributed by atoms with E-state index in [4.69, 9.17) is 0 Å². The van der Waals surface area contributed by atoms with Crippen molar-refractivity contribution in [3.63, 3.8) is 0 Å². The summed E-state index contributed by atoms with van der Waals surface area (Å²) in [6, 6.07) is 0. The molecule has 0 spiro atoms. The molecule has 0 aromatic rings. The molecule has 148 valence electrons. The lowest BCUT2D eigenvalue weighted by Gasteiger charge is -2.42. The molecule has 4 heteroatoms. The largest absolute Gasteiger partial charge is 0.550 e. The predicted octanol–water partition coefficient (Wildman–Crippen LogP) is 3.29. The number of aliphatic hydroxyl groups excluding tert-OH is 1. The van der Waals surface area contributed by atoms with Crippen LogP contribution >= 0.6 is 0 Å². The molecule has 0 amide bonds. The summed E-state index contributed by atoms with van der Waals surface area (Å²) in [6.07, 6.45) is 11.6. The molecule has 0 aromatic carbocycles. The number of aliphatic carboxylic acids is 1. The van der Waals surface area contributed by atoms with E-state index in [1.54, 1.807) is 0 Å². The van der Waals surface area contributed by atoms with Crippen LogP contribution < -0.4 is 5.11 Å². The number of allylic oxidation sites excluding steroid dienone is 1. The Morgan fingerprint density at radius 2 is 1.56 bits per heavy atom. The minimum absolute atomic E-state index is 0.440. The summed E-state index contributed by atoms with van der Waals surface area (Å²) in [5.74, 6) is -1.39. The van der Waals surface area contributed by atoms with Crippen molar-refractivity contribution in [2.24, 2.45) is 5.92 Å². The molecular formula is C21H41NO3. The monoisotopic (exact) mass is 355 g/mol. The van der Waals surface area contributed by atoms with E-state index in [0.717, 1.165) is 58.0 Å². The number of nitrogens with zero attached hydrogens (tertiary/aromatic N) is 1. The fraction of sp³-hybridized carbons (Fsp3) is 0.857. The Morgan fingerprint density at radius 1 is 1.00 bits per heavy atom. The highest BCUT2D eigenvalue weighted by Crippen LogP contribution is 2.19. The first kappa shape index (κ1) is 24.1. The van der Waals surface area contributed by atoms with Crippen molar-refractivity contribution >= 4 is 5.97 Å². The standard InChI is InChI=1S/C21H41NO3/c1-5-9-12-13-14-20(23)18-22(15-10-6-2,16-11-7-3)17-19(8-4)21(24)25/h13-14,19-20,23H,5-12,15-18H2,1-4H3/b14-13+. The summed E-state index contributed by atoms with van der Waals surface area (Å²) < 4.78 is 0.688. The number of quaternary nitrogens is 1. The third-order valence-electron chi connectivity index (χ3n) is 5.06. The van der Waals surface area contributed by atoms with Gasteiger partial charge in [0.1, 0.15) is 12.6 Å². The van der Waals surface area contributed by atoms with Crippen molar-refractivity contribution in [2.75, 3.05) is 26.2 Å². The van der Waals surface area contributed by atoms with Crippen LogP contribution in [0.1, 0.15) is 79.1 Å². The summed E-state index contributed by atoms with van der Waals surface area (Å²) in [6.45, 7) is 11.4.